The summed E-state index contributed by atoms with van der Waals surface area (Å²) in [6.07, 6.45) is -1.73. The Morgan fingerprint density at radius 2 is 2.18 bits per heavy atom. The zero-order valence-electron chi connectivity index (χ0n) is 9.56. The minimum absolute atomic E-state index is 0.0572. The van der Waals surface area contributed by atoms with Gasteiger partial charge in [0.05, 0.1) is 11.7 Å². The molecule has 1 rings (SSSR count). The third kappa shape index (κ3) is 3.33. The van der Waals surface area contributed by atoms with Gasteiger partial charge in [0, 0.05) is 5.56 Å². The Morgan fingerprint density at radius 3 is 2.76 bits per heavy atom. The molecule has 2 atom stereocenters. The Morgan fingerprint density at radius 1 is 1.47 bits per heavy atom. The number of carbonyl (C=O) groups is 1. The van der Waals surface area contributed by atoms with Crippen LogP contribution in [0, 0.1) is 5.82 Å². The topological polar surface area (TPSA) is 69.6 Å². The van der Waals surface area contributed by atoms with Gasteiger partial charge < -0.3 is 15.5 Å². The molecule has 0 aromatic heterocycles. The summed E-state index contributed by atoms with van der Waals surface area (Å²) in [5, 5.41) is 22.2. The van der Waals surface area contributed by atoms with Crippen LogP contribution in [0.3, 0.4) is 0 Å². The number of aliphatic hydroxyl groups is 2. The molecule has 0 aliphatic carbocycles. The van der Waals surface area contributed by atoms with Gasteiger partial charge in [-0.1, -0.05) is 12.1 Å². The average Bonchev–Trinajstić information content (AvgIpc) is 2.35. The fourth-order valence-corrected chi connectivity index (χ4v) is 1.55. The maximum atomic E-state index is 13.7. The molecule has 94 valence electrons. The molecule has 5 heteroatoms. The van der Waals surface area contributed by atoms with Gasteiger partial charge in [-0.3, -0.25) is 4.79 Å². The number of benzene rings is 1. The zero-order chi connectivity index (χ0) is 12.8. The van der Waals surface area contributed by atoms with E-state index in [9.17, 15) is 19.4 Å². The molecule has 17 heavy (non-hydrogen) atoms. The molecule has 0 fully saturated rings. The molecule has 1 aromatic carbocycles. The molecule has 0 aliphatic heterocycles. The third-order valence-electron chi connectivity index (χ3n) is 2.56. The number of halogens is 1. The molecular weight excluding hydrogens is 225 g/mol. The van der Waals surface area contributed by atoms with Crippen LogP contribution in [0.2, 0.25) is 0 Å². The number of hydrogen-bond acceptors (Lipinski definition) is 4. The first-order chi connectivity index (χ1) is 8.11. The van der Waals surface area contributed by atoms with Crippen molar-refractivity contribution in [3.8, 4) is 0 Å². The van der Waals surface area contributed by atoms with Gasteiger partial charge >= 0.3 is 0 Å². The van der Waals surface area contributed by atoms with Crippen LogP contribution < -0.4 is 5.32 Å². The lowest BCUT2D eigenvalue weighted by Crippen LogP contribution is -2.24. The average molecular weight is 241 g/mol. The first-order valence-electron chi connectivity index (χ1n) is 5.36. The first kappa shape index (κ1) is 13.8. The van der Waals surface area contributed by atoms with Crippen LogP contribution >= 0.6 is 0 Å². The van der Waals surface area contributed by atoms with Crippen LogP contribution in [-0.4, -0.2) is 36.2 Å². The Bertz CT molecular complexity index is 384. The molecular formula is C12H16FNO3. The summed E-state index contributed by atoms with van der Waals surface area (Å²) in [6, 6.07) is 4.14. The van der Waals surface area contributed by atoms with Gasteiger partial charge in [-0.2, -0.15) is 0 Å². The normalized spacial score (nSPS) is 14.4. The van der Waals surface area contributed by atoms with Crippen LogP contribution in [0.15, 0.2) is 18.2 Å². The lowest BCUT2D eigenvalue weighted by atomic mass is 9.99. The summed E-state index contributed by atoms with van der Waals surface area (Å²) in [4.78, 5) is 10.5. The van der Waals surface area contributed by atoms with Crippen molar-refractivity contribution in [2.75, 3.05) is 13.6 Å². The van der Waals surface area contributed by atoms with E-state index >= 15 is 0 Å². The molecule has 0 aliphatic rings. The number of hydrogen-bond donors (Lipinski definition) is 3. The van der Waals surface area contributed by atoms with Crippen molar-refractivity contribution in [2.45, 2.75) is 18.6 Å². The molecule has 3 N–H and O–H groups in total. The number of carbonyl (C=O) groups excluding carboxylic acids is 1. The molecule has 0 saturated heterocycles. The van der Waals surface area contributed by atoms with E-state index in [2.05, 4.69) is 5.32 Å². The van der Waals surface area contributed by atoms with Gasteiger partial charge in [-0.25, -0.2) is 4.39 Å². The highest BCUT2D eigenvalue weighted by molar-refractivity contribution is 5.75. The molecule has 0 heterocycles. The molecule has 2 unspecified atom stereocenters. The summed E-state index contributed by atoms with van der Waals surface area (Å²) < 4.78 is 13.7. The van der Waals surface area contributed by atoms with Crippen molar-refractivity contribution in [3.63, 3.8) is 0 Å². The van der Waals surface area contributed by atoms with Gasteiger partial charge in [0.1, 0.15) is 11.9 Å². The Kier molecular flexibility index (Phi) is 5.21. The summed E-state index contributed by atoms with van der Waals surface area (Å²) >= 11 is 0. The highest BCUT2D eigenvalue weighted by atomic mass is 19.1. The van der Waals surface area contributed by atoms with E-state index < -0.39 is 18.0 Å². The van der Waals surface area contributed by atoms with Crippen molar-refractivity contribution < 1.29 is 19.4 Å². The first-order valence-corrected chi connectivity index (χ1v) is 5.36. The molecule has 0 saturated carbocycles. The highest BCUT2D eigenvalue weighted by Gasteiger charge is 2.22. The smallest absolute Gasteiger partial charge is 0.153 e. The van der Waals surface area contributed by atoms with Gasteiger partial charge in [-0.15, -0.1) is 0 Å². The summed E-state index contributed by atoms with van der Waals surface area (Å²) in [5.74, 6) is -0.779. The Labute approximate surface area is 99.1 Å². The van der Waals surface area contributed by atoms with E-state index in [1.165, 1.54) is 18.2 Å². The van der Waals surface area contributed by atoms with Crippen LogP contribution in [0.1, 0.15) is 28.4 Å². The van der Waals surface area contributed by atoms with E-state index in [1.807, 2.05) is 0 Å². The van der Waals surface area contributed by atoms with Crippen molar-refractivity contribution in [3.05, 3.63) is 35.1 Å². The number of nitrogens with one attached hydrogen (secondary N) is 1. The fourth-order valence-electron chi connectivity index (χ4n) is 1.55. The molecule has 4 nitrogen and oxygen atoms in total. The van der Waals surface area contributed by atoms with Crippen LogP contribution in [0.4, 0.5) is 4.39 Å². The number of rotatable bonds is 6. The van der Waals surface area contributed by atoms with E-state index in [-0.39, 0.29) is 11.1 Å². The number of aliphatic hydroxyl groups excluding tert-OH is 2. The second kappa shape index (κ2) is 6.44. The predicted molar refractivity (Wildman–Crippen MR) is 61.3 cm³/mol. The van der Waals surface area contributed by atoms with Crippen molar-refractivity contribution >= 4 is 6.29 Å². The second-order valence-corrected chi connectivity index (χ2v) is 3.77. The zero-order valence-corrected chi connectivity index (χ0v) is 9.56. The van der Waals surface area contributed by atoms with Crippen LogP contribution in [0.25, 0.3) is 0 Å². The minimum Gasteiger partial charge on any atom is -0.390 e. The fraction of sp³-hybridized carbons (Fsp3) is 0.417. The van der Waals surface area contributed by atoms with E-state index in [0.29, 0.717) is 19.3 Å². The molecule has 1 aromatic rings. The maximum Gasteiger partial charge on any atom is 0.153 e. The molecule has 0 spiro atoms. The maximum absolute atomic E-state index is 13.7. The van der Waals surface area contributed by atoms with E-state index in [0.717, 1.165) is 0 Å². The second-order valence-electron chi connectivity index (χ2n) is 3.77. The largest absolute Gasteiger partial charge is 0.390 e. The van der Waals surface area contributed by atoms with Crippen molar-refractivity contribution in [1.82, 2.24) is 5.32 Å². The van der Waals surface area contributed by atoms with Gasteiger partial charge in [0.2, 0.25) is 0 Å². The lowest BCUT2D eigenvalue weighted by molar-refractivity contribution is 0.0119. The molecule has 0 radical (unpaired) electrons. The summed E-state index contributed by atoms with van der Waals surface area (Å²) in [7, 11) is 1.71. The Balaban J connectivity index is 2.88. The van der Waals surface area contributed by atoms with E-state index in [4.69, 9.17) is 0 Å². The minimum atomic E-state index is -1.33. The lowest BCUT2D eigenvalue weighted by Gasteiger charge is -2.18. The van der Waals surface area contributed by atoms with Gasteiger partial charge in [0.25, 0.3) is 0 Å². The molecule has 0 amide bonds. The summed E-state index contributed by atoms with van der Waals surface area (Å²) in [5.41, 5.74) is -0.180. The van der Waals surface area contributed by atoms with Crippen LogP contribution in [-0.2, 0) is 0 Å². The SMILES string of the molecule is CNCCC(O)C(O)c1cccc(C=O)c1F. The monoisotopic (exact) mass is 241 g/mol. The van der Waals surface area contributed by atoms with Crippen LogP contribution in [0.5, 0.6) is 0 Å². The van der Waals surface area contributed by atoms with Gasteiger partial charge in [-0.05, 0) is 26.1 Å². The van der Waals surface area contributed by atoms with Crippen molar-refractivity contribution in [1.29, 1.82) is 0 Å². The highest BCUT2D eigenvalue weighted by Crippen LogP contribution is 2.23. The predicted octanol–water partition coefficient (Wildman–Crippen LogP) is 0.642. The Hall–Kier alpha value is -1.30. The molecule has 0 bridgehead atoms. The third-order valence-corrected chi connectivity index (χ3v) is 2.56. The van der Waals surface area contributed by atoms with Crippen molar-refractivity contribution in [2.24, 2.45) is 0 Å². The van der Waals surface area contributed by atoms with Gasteiger partial charge in [0.15, 0.2) is 6.29 Å². The summed E-state index contributed by atoms with van der Waals surface area (Å²) in [6.45, 7) is 0.507. The number of aldehydes is 1. The van der Waals surface area contributed by atoms with E-state index in [1.54, 1.807) is 7.05 Å². The quantitative estimate of drug-likeness (QED) is 0.639. The standard InChI is InChI=1S/C12H16FNO3/c1-14-6-5-10(16)12(17)9-4-2-3-8(7-15)11(9)13/h2-4,7,10,12,14,16-17H,5-6H2,1H3.